The van der Waals surface area contributed by atoms with Gasteiger partial charge in [0.2, 0.25) is 5.91 Å². The summed E-state index contributed by atoms with van der Waals surface area (Å²) < 4.78 is 14.4. The normalized spacial score (nSPS) is 19.4. The zero-order valence-corrected chi connectivity index (χ0v) is 38.0. The van der Waals surface area contributed by atoms with E-state index in [0.29, 0.717) is 0 Å². The molecular formula is C44H63ClN8O9. The van der Waals surface area contributed by atoms with Crippen molar-refractivity contribution in [1.29, 1.82) is 0 Å². The summed E-state index contributed by atoms with van der Waals surface area (Å²) in [7, 11) is 3.92. The van der Waals surface area contributed by atoms with Crippen molar-refractivity contribution in [2.75, 3.05) is 13.1 Å². The fraction of sp³-hybridized carbons (Fsp3) is 0.500. The van der Waals surface area contributed by atoms with E-state index in [4.69, 9.17) is 20.3 Å². The summed E-state index contributed by atoms with van der Waals surface area (Å²) in [5.74, 6) is 0.415. The highest BCUT2D eigenvalue weighted by Gasteiger charge is 2.42. The molecule has 3 amide bonds. The van der Waals surface area contributed by atoms with E-state index in [0.717, 1.165) is 38.8 Å². The molecule has 6 N–H and O–H groups in total. The zero-order valence-electron chi connectivity index (χ0n) is 37.2. The number of carboxylic acids is 1. The quantitative estimate of drug-likeness (QED) is 0.153. The van der Waals surface area contributed by atoms with E-state index < -0.39 is 53.6 Å². The Hall–Kier alpha value is -5.49. The molecule has 0 saturated carbocycles. The summed E-state index contributed by atoms with van der Waals surface area (Å²) in [4.78, 5) is 58.8. The number of imidazole rings is 2. The number of nitrogens with one attached hydrogen (secondary N) is 1. The fourth-order valence-corrected chi connectivity index (χ4v) is 6.69. The minimum Gasteiger partial charge on any atom is -0.480 e. The van der Waals surface area contributed by atoms with Gasteiger partial charge in [-0.3, -0.25) is 14.6 Å². The van der Waals surface area contributed by atoms with Crippen LogP contribution in [0, 0.1) is 0 Å². The number of aromatic nitrogens is 4. The van der Waals surface area contributed by atoms with Crippen molar-refractivity contribution in [2.24, 2.45) is 19.8 Å². The number of nitrogens with two attached hydrogens (primary N) is 1. The molecule has 2 aliphatic heterocycles. The zero-order chi connectivity index (χ0) is 45.4. The first-order valence-electron chi connectivity index (χ1n) is 20.2. The number of carbonyl (C=O) groups excluding carboxylic acids is 3. The molecule has 4 aromatic rings. The van der Waals surface area contributed by atoms with Gasteiger partial charge in [0.25, 0.3) is 0 Å². The van der Waals surface area contributed by atoms with E-state index in [1.807, 2.05) is 73.7 Å². The average Bonchev–Trinajstić information content (AvgIpc) is 3.98. The van der Waals surface area contributed by atoms with Crippen LogP contribution in [-0.4, -0.2) is 117 Å². The summed E-state index contributed by atoms with van der Waals surface area (Å²) in [6, 6.07) is 14.1. The van der Waals surface area contributed by atoms with Crippen LogP contribution >= 0.6 is 12.4 Å². The standard InChI is InChI=1S/C22H30N4O4.C12H15N3.C10H17NO5.ClH/c1-14(15-6-8-16(9-7-15)19-23-10-11-25(19)5)24-20(28)18-12-17(27)13-26(18)21(29)30-22(2,3)4;1-9(13)10-3-5-11(6-4-10)12-14-7-8-15(12)2;1-10(2,3)16-9(15)11-5-6(12)4-7(11)8(13)14;/h6-11,14,17-18,27H,12-13H2,1-5H3,(H,24,28);3-9H,13H2,1-2H3;6-7,12H,4-5H2,1-3H3,(H,13,14);1H/t14-,17+,18-;9-;6-,7+;/m001./s1. The van der Waals surface area contributed by atoms with Gasteiger partial charge in [-0.15, -0.1) is 12.4 Å². The average molecular weight is 883 g/mol. The summed E-state index contributed by atoms with van der Waals surface area (Å²) in [6.45, 7) is 14.4. The molecule has 2 fully saturated rings. The number of carbonyl (C=O) groups is 4. The van der Waals surface area contributed by atoms with Crippen molar-refractivity contribution in [3.63, 3.8) is 0 Å². The highest BCUT2D eigenvalue weighted by molar-refractivity contribution is 5.87. The van der Waals surface area contributed by atoms with E-state index >= 15 is 0 Å². The van der Waals surface area contributed by atoms with Crippen LogP contribution in [0.1, 0.15) is 91.4 Å². The molecule has 2 saturated heterocycles. The maximum absolute atomic E-state index is 12.9. The highest BCUT2D eigenvalue weighted by Crippen LogP contribution is 2.25. The minimum atomic E-state index is -1.12. The van der Waals surface area contributed by atoms with Crippen molar-refractivity contribution >= 4 is 36.5 Å². The first kappa shape index (κ1) is 50.9. The number of likely N-dealkylation sites (tertiary alicyclic amines) is 2. The summed E-state index contributed by atoms with van der Waals surface area (Å²) >= 11 is 0. The molecule has 2 aromatic heterocycles. The van der Waals surface area contributed by atoms with Crippen LogP contribution in [0.3, 0.4) is 0 Å². The van der Waals surface area contributed by atoms with Crippen LogP contribution in [0.4, 0.5) is 9.59 Å². The molecule has 62 heavy (non-hydrogen) atoms. The smallest absolute Gasteiger partial charge is 0.411 e. The van der Waals surface area contributed by atoms with Gasteiger partial charge in [0.1, 0.15) is 34.9 Å². The number of aliphatic carboxylic acids is 1. The number of hydrogen-bond acceptors (Lipinski definition) is 11. The number of ether oxygens (including phenoxy) is 2. The van der Waals surface area contributed by atoms with Gasteiger partial charge < -0.3 is 45.0 Å². The molecule has 0 bridgehead atoms. The Kier molecular flexibility index (Phi) is 17.7. The number of benzene rings is 2. The van der Waals surface area contributed by atoms with Gasteiger partial charge in [0.15, 0.2) is 0 Å². The Morgan fingerprint density at radius 3 is 1.45 bits per heavy atom. The van der Waals surface area contributed by atoms with E-state index in [1.54, 1.807) is 53.9 Å². The Morgan fingerprint density at radius 1 is 0.710 bits per heavy atom. The third-order valence-electron chi connectivity index (χ3n) is 9.77. The predicted octanol–water partition coefficient (Wildman–Crippen LogP) is 5.60. The number of halogens is 1. The topological polar surface area (TPSA) is 228 Å². The number of aliphatic hydroxyl groups excluding tert-OH is 2. The summed E-state index contributed by atoms with van der Waals surface area (Å²) in [5.41, 5.74) is 8.63. The number of amides is 3. The third kappa shape index (κ3) is 14.3. The van der Waals surface area contributed by atoms with Gasteiger partial charge in [-0.05, 0) is 66.5 Å². The first-order chi connectivity index (χ1) is 28.4. The predicted molar refractivity (Wildman–Crippen MR) is 236 cm³/mol. The molecule has 0 spiro atoms. The molecule has 340 valence electrons. The fourth-order valence-electron chi connectivity index (χ4n) is 6.69. The van der Waals surface area contributed by atoms with E-state index in [9.17, 15) is 29.4 Å². The second-order valence-corrected chi connectivity index (χ2v) is 17.4. The van der Waals surface area contributed by atoms with Crippen LogP contribution in [0.15, 0.2) is 73.3 Å². The maximum Gasteiger partial charge on any atom is 0.411 e. The molecule has 0 radical (unpaired) electrons. The first-order valence-corrected chi connectivity index (χ1v) is 20.2. The van der Waals surface area contributed by atoms with Crippen LogP contribution < -0.4 is 11.1 Å². The molecular weight excluding hydrogens is 820 g/mol. The summed E-state index contributed by atoms with van der Waals surface area (Å²) in [5, 5.41) is 31.2. The van der Waals surface area contributed by atoms with Crippen molar-refractivity contribution < 1.29 is 44.0 Å². The van der Waals surface area contributed by atoms with Gasteiger partial charge in [-0.2, -0.15) is 0 Å². The lowest BCUT2D eigenvalue weighted by atomic mass is 10.0. The minimum absolute atomic E-state index is 0. The van der Waals surface area contributed by atoms with Crippen molar-refractivity contribution in [2.45, 2.75) is 116 Å². The van der Waals surface area contributed by atoms with Crippen molar-refractivity contribution in [3.8, 4) is 22.8 Å². The Balaban J connectivity index is 0.000000270. The molecule has 17 nitrogen and oxygen atoms in total. The number of rotatable bonds is 7. The second-order valence-electron chi connectivity index (χ2n) is 17.4. The Bertz CT molecular complexity index is 2090. The molecule has 2 aromatic carbocycles. The molecule has 4 heterocycles. The lowest BCUT2D eigenvalue weighted by Crippen LogP contribution is -2.48. The van der Waals surface area contributed by atoms with E-state index in [1.165, 1.54) is 4.90 Å². The Morgan fingerprint density at radius 2 is 1.10 bits per heavy atom. The third-order valence-corrected chi connectivity index (χ3v) is 9.77. The van der Waals surface area contributed by atoms with Crippen LogP contribution in [-0.2, 0) is 33.2 Å². The van der Waals surface area contributed by atoms with Gasteiger partial charge >= 0.3 is 18.2 Å². The summed E-state index contributed by atoms with van der Waals surface area (Å²) in [6.07, 6.45) is 4.78. The highest BCUT2D eigenvalue weighted by atomic mass is 35.5. The number of nitrogens with zero attached hydrogens (tertiary/aromatic N) is 6. The van der Waals surface area contributed by atoms with Crippen LogP contribution in [0.2, 0.25) is 0 Å². The molecule has 6 atom stereocenters. The lowest BCUT2D eigenvalue weighted by Gasteiger charge is -2.28. The van der Waals surface area contributed by atoms with E-state index in [-0.39, 0.29) is 56.3 Å². The lowest BCUT2D eigenvalue weighted by molar-refractivity contribution is -0.142. The number of aryl methyl sites for hydroxylation is 2. The molecule has 0 unspecified atom stereocenters. The van der Waals surface area contributed by atoms with Gasteiger partial charge in [0.05, 0.1) is 31.3 Å². The number of hydrogen-bond donors (Lipinski definition) is 5. The monoisotopic (exact) mass is 882 g/mol. The van der Waals surface area contributed by atoms with Gasteiger partial charge in [-0.25, -0.2) is 24.4 Å². The van der Waals surface area contributed by atoms with Gasteiger partial charge in [-0.1, -0.05) is 48.5 Å². The van der Waals surface area contributed by atoms with Crippen molar-refractivity contribution in [3.05, 3.63) is 84.4 Å². The van der Waals surface area contributed by atoms with Crippen LogP contribution in [0.5, 0.6) is 0 Å². The number of aliphatic hydroxyl groups is 2. The molecule has 18 heteroatoms. The largest absolute Gasteiger partial charge is 0.480 e. The second kappa shape index (κ2) is 21.5. The van der Waals surface area contributed by atoms with Crippen molar-refractivity contribution in [1.82, 2.24) is 34.2 Å². The Labute approximate surface area is 369 Å². The SMILES string of the molecule is CC(C)(C)OC(=O)N1C[C@H](O)C[C@H]1C(=O)O.C[C@H](N)c1ccc(-c2nccn2C)cc1.C[C@H](NC(=O)[C@@H]1C[C@@H](O)CN1C(=O)OC(C)(C)C)c1ccc(-c2nccn2C)cc1.Cl. The number of carboxylic acid groups (broad SMARTS) is 1. The van der Waals surface area contributed by atoms with Crippen LogP contribution in [0.25, 0.3) is 22.8 Å². The molecule has 2 aliphatic rings. The van der Waals surface area contributed by atoms with Gasteiger partial charge in [0, 0.05) is 68.9 Å². The number of β-amino-alcohol motifs (C(OH)–C–C–N with tert-alkyl or cyclic N) is 2. The molecule has 0 aliphatic carbocycles. The maximum atomic E-state index is 12.9. The van der Waals surface area contributed by atoms with E-state index in [2.05, 4.69) is 39.6 Å². The molecule has 6 rings (SSSR count).